The monoisotopic (exact) mass is 352 g/mol. The van der Waals surface area contributed by atoms with Gasteiger partial charge in [-0.2, -0.15) is 0 Å². The van der Waals surface area contributed by atoms with E-state index in [-0.39, 0.29) is 5.91 Å². The van der Waals surface area contributed by atoms with Crippen molar-refractivity contribution in [1.29, 1.82) is 0 Å². The van der Waals surface area contributed by atoms with Crippen molar-refractivity contribution in [3.63, 3.8) is 0 Å². The molecule has 1 saturated heterocycles. The van der Waals surface area contributed by atoms with E-state index < -0.39 is 0 Å². The third-order valence-corrected chi connectivity index (χ3v) is 4.82. The van der Waals surface area contributed by atoms with Crippen molar-refractivity contribution < 1.29 is 4.79 Å². The molecule has 0 bridgehead atoms. The van der Waals surface area contributed by atoms with Crippen LogP contribution in [0.4, 0.5) is 0 Å². The third kappa shape index (κ3) is 4.82. The molecule has 1 aromatic carbocycles. The van der Waals surface area contributed by atoms with Gasteiger partial charge < -0.3 is 9.47 Å². The molecule has 5 heteroatoms. The van der Waals surface area contributed by atoms with Crippen LogP contribution in [0.3, 0.4) is 0 Å². The Morgan fingerprint density at radius 2 is 1.85 bits per heavy atom. The number of hydrogen-bond acceptors (Lipinski definition) is 3. The zero-order chi connectivity index (χ0) is 18.4. The minimum Gasteiger partial charge on any atom is -0.337 e. The highest BCUT2D eigenvalue weighted by Crippen LogP contribution is 2.12. The van der Waals surface area contributed by atoms with Gasteiger partial charge in [0.25, 0.3) is 0 Å². The van der Waals surface area contributed by atoms with Gasteiger partial charge in [-0.3, -0.25) is 9.69 Å². The van der Waals surface area contributed by atoms with Crippen LogP contribution in [0.15, 0.2) is 48.8 Å². The van der Waals surface area contributed by atoms with E-state index in [1.54, 1.807) is 6.08 Å². The number of rotatable bonds is 6. The number of amides is 1. The predicted molar refractivity (Wildman–Crippen MR) is 105 cm³/mol. The highest BCUT2D eigenvalue weighted by Gasteiger charge is 2.19. The number of piperazine rings is 1. The number of nitrogens with zero attached hydrogens (tertiary/aromatic N) is 4. The standard InChI is InChI=1S/C21H28N4O/c1-18(2)21-22-10-11-25(21)17-14-23-12-15-24(16-13-23)20(26)9-8-19-6-4-3-5-7-19/h3-11,18H,12-17H2,1-2H3/b9-8+. The molecule has 0 aliphatic carbocycles. The number of benzene rings is 1. The van der Waals surface area contributed by atoms with E-state index in [0.29, 0.717) is 5.92 Å². The summed E-state index contributed by atoms with van der Waals surface area (Å²) < 4.78 is 2.24. The molecule has 0 N–H and O–H groups in total. The number of carbonyl (C=O) groups is 1. The van der Waals surface area contributed by atoms with Crippen molar-refractivity contribution in [2.75, 3.05) is 32.7 Å². The molecule has 1 aliphatic rings. The Balaban J connectivity index is 1.44. The number of carbonyl (C=O) groups excluding carboxylic acids is 1. The van der Waals surface area contributed by atoms with Crippen LogP contribution in [0.25, 0.3) is 6.08 Å². The molecule has 3 rings (SSSR count). The van der Waals surface area contributed by atoms with Gasteiger partial charge in [-0.05, 0) is 11.6 Å². The fourth-order valence-corrected chi connectivity index (χ4v) is 3.29. The predicted octanol–water partition coefficient (Wildman–Crippen LogP) is 2.86. The maximum atomic E-state index is 12.4. The molecule has 0 saturated carbocycles. The summed E-state index contributed by atoms with van der Waals surface area (Å²) in [7, 11) is 0. The zero-order valence-electron chi connectivity index (χ0n) is 15.7. The summed E-state index contributed by atoms with van der Waals surface area (Å²) in [4.78, 5) is 21.2. The van der Waals surface area contributed by atoms with Crippen LogP contribution in [0.1, 0.15) is 31.2 Å². The zero-order valence-corrected chi connectivity index (χ0v) is 15.7. The first-order valence-electron chi connectivity index (χ1n) is 9.39. The topological polar surface area (TPSA) is 41.4 Å². The van der Waals surface area contributed by atoms with Gasteiger partial charge in [0.2, 0.25) is 5.91 Å². The van der Waals surface area contributed by atoms with Gasteiger partial charge in [-0.25, -0.2) is 4.98 Å². The highest BCUT2D eigenvalue weighted by atomic mass is 16.2. The van der Waals surface area contributed by atoms with Crippen LogP contribution < -0.4 is 0 Å². The number of imidazole rings is 1. The molecule has 0 spiro atoms. The molecule has 0 radical (unpaired) electrons. The summed E-state index contributed by atoms with van der Waals surface area (Å²) in [5, 5.41) is 0. The van der Waals surface area contributed by atoms with Gasteiger partial charge in [-0.1, -0.05) is 44.2 Å². The van der Waals surface area contributed by atoms with E-state index in [9.17, 15) is 4.79 Å². The van der Waals surface area contributed by atoms with Crippen LogP contribution in [-0.2, 0) is 11.3 Å². The molecule has 1 amide bonds. The summed E-state index contributed by atoms with van der Waals surface area (Å²) in [5.41, 5.74) is 1.06. The average Bonchev–Trinajstić information content (AvgIpc) is 3.15. The van der Waals surface area contributed by atoms with E-state index >= 15 is 0 Å². The van der Waals surface area contributed by atoms with E-state index in [2.05, 4.69) is 34.5 Å². The van der Waals surface area contributed by atoms with E-state index in [1.807, 2.05) is 47.5 Å². The summed E-state index contributed by atoms with van der Waals surface area (Å²) in [6.07, 6.45) is 7.51. The normalized spacial score (nSPS) is 15.9. The van der Waals surface area contributed by atoms with Gasteiger partial charge in [0, 0.05) is 63.7 Å². The third-order valence-electron chi connectivity index (χ3n) is 4.82. The molecule has 1 aliphatic heterocycles. The van der Waals surface area contributed by atoms with Gasteiger partial charge in [-0.15, -0.1) is 0 Å². The Bertz CT molecular complexity index is 727. The van der Waals surface area contributed by atoms with Crippen molar-refractivity contribution in [3.8, 4) is 0 Å². The second kappa shape index (κ2) is 8.81. The summed E-state index contributed by atoms with van der Waals surface area (Å²) >= 11 is 0. The molecule has 0 atom stereocenters. The van der Waals surface area contributed by atoms with E-state index in [0.717, 1.165) is 50.7 Å². The van der Waals surface area contributed by atoms with Crippen LogP contribution in [0, 0.1) is 0 Å². The molecule has 2 heterocycles. The minimum absolute atomic E-state index is 0.102. The fourth-order valence-electron chi connectivity index (χ4n) is 3.29. The second-order valence-corrected chi connectivity index (χ2v) is 7.04. The minimum atomic E-state index is 0.102. The van der Waals surface area contributed by atoms with E-state index in [1.165, 1.54) is 0 Å². The molecular weight excluding hydrogens is 324 g/mol. The van der Waals surface area contributed by atoms with Gasteiger partial charge in [0.1, 0.15) is 5.82 Å². The number of hydrogen-bond donors (Lipinski definition) is 0. The largest absolute Gasteiger partial charge is 0.337 e. The lowest BCUT2D eigenvalue weighted by molar-refractivity contribution is -0.127. The lowest BCUT2D eigenvalue weighted by Gasteiger charge is -2.34. The maximum Gasteiger partial charge on any atom is 0.246 e. The quantitative estimate of drug-likeness (QED) is 0.751. The lowest BCUT2D eigenvalue weighted by Crippen LogP contribution is -2.48. The Morgan fingerprint density at radius 3 is 2.54 bits per heavy atom. The first-order chi connectivity index (χ1) is 12.6. The van der Waals surface area contributed by atoms with Gasteiger partial charge >= 0.3 is 0 Å². The molecule has 1 aromatic heterocycles. The summed E-state index contributed by atoms with van der Waals surface area (Å²) in [6.45, 7) is 9.73. The lowest BCUT2D eigenvalue weighted by atomic mass is 10.2. The van der Waals surface area contributed by atoms with Crippen LogP contribution in [-0.4, -0.2) is 58.0 Å². The van der Waals surface area contributed by atoms with Crippen LogP contribution >= 0.6 is 0 Å². The molecule has 1 fully saturated rings. The molecule has 2 aromatic rings. The second-order valence-electron chi connectivity index (χ2n) is 7.04. The SMILES string of the molecule is CC(C)c1nccn1CCN1CCN(C(=O)/C=C/c2ccccc2)CC1. The molecular formula is C21H28N4O. The Hall–Kier alpha value is -2.40. The Morgan fingerprint density at radius 1 is 1.12 bits per heavy atom. The van der Waals surface area contributed by atoms with Crippen LogP contribution in [0.2, 0.25) is 0 Å². The summed E-state index contributed by atoms with van der Waals surface area (Å²) in [5.74, 6) is 1.69. The molecule has 138 valence electrons. The van der Waals surface area contributed by atoms with Crippen molar-refractivity contribution in [2.45, 2.75) is 26.3 Å². The first-order valence-corrected chi connectivity index (χ1v) is 9.39. The molecule has 5 nitrogen and oxygen atoms in total. The van der Waals surface area contributed by atoms with Gasteiger partial charge in [0.05, 0.1) is 0 Å². The molecule has 0 unspecified atom stereocenters. The van der Waals surface area contributed by atoms with E-state index in [4.69, 9.17) is 0 Å². The fraction of sp³-hybridized carbons (Fsp3) is 0.429. The average molecular weight is 352 g/mol. The number of aromatic nitrogens is 2. The van der Waals surface area contributed by atoms with Gasteiger partial charge in [0.15, 0.2) is 0 Å². The van der Waals surface area contributed by atoms with Crippen molar-refractivity contribution in [2.24, 2.45) is 0 Å². The Labute approximate surface area is 155 Å². The summed E-state index contributed by atoms with van der Waals surface area (Å²) in [6, 6.07) is 9.94. The molecule has 26 heavy (non-hydrogen) atoms. The van der Waals surface area contributed by atoms with Crippen molar-refractivity contribution >= 4 is 12.0 Å². The Kier molecular flexibility index (Phi) is 6.23. The maximum absolute atomic E-state index is 12.4. The highest BCUT2D eigenvalue weighted by molar-refractivity contribution is 5.91. The van der Waals surface area contributed by atoms with Crippen LogP contribution in [0.5, 0.6) is 0 Å². The van der Waals surface area contributed by atoms with Crippen molar-refractivity contribution in [1.82, 2.24) is 19.4 Å². The smallest absolute Gasteiger partial charge is 0.246 e. The van der Waals surface area contributed by atoms with Crippen molar-refractivity contribution in [3.05, 3.63) is 60.2 Å². The first kappa shape index (κ1) is 18.4.